The summed E-state index contributed by atoms with van der Waals surface area (Å²) in [5.41, 5.74) is 6.64. The van der Waals surface area contributed by atoms with Crippen LogP contribution in [0, 0.1) is 5.92 Å². The van der Waals surface area contributed by atoms with Gasteiger partial charge >= 0.3 is 0 Å². The summed E-state index contributed by atoms with van der Waals surface area (Å²) in [7, 11) is 6.17. The van der Waals surface area contributed by atoms with Crippen molar-refractivity contribution in [2.24, 2.45) is 18.7 Å². The summed E-state index contributed by atoms with van der Waals surface area (Å²) >= 11 is 0. The molecule has 3 heterocycles. The van der Waals surface area contributed by atoms with Crippen molar-refractivity contribution in [1.82, 2.24) is 24.9 Å². The summed E-state index contributed by atoms with van der Waals surface area (Å²) in [6.07, 6.45) is 4.18. The molecule has 0 saturated carbocycles. The second-order valence-corrected chi connectivity index (χ2v) is 6.73. The molecule has 0 bridgehead atoms. The second-order valence-electron chi connectivity index (χ2n) is 6.73. The summed E-state index contributed by atoms with van der Waals surface area (Å²) in [4.78, 5) is 15.6. The number of likely N-dealkylation sites (tertiary alicyclic amines) is 1. The molecule has 1 aliphatic rings. The lowest BCUT2D eigenvalue weighted by Crippen LogP contribution is -2.42. The highest BCUT2D eigenvalue weighted by molar-refractivity contribution is 5.90. The quantitative estimate of drug-likeness (QED) is 0.864. The summed E-state index contributed by atoms with van der Waals surface area (Å²) in [5, 5.41) is 12.4. The standard InChI is InChI=1S/C17H25N7O/c1-22-10-4-5-12(16(22)14-8-9-19-24(14)3)11-23(2)15-7-6-13(17(18)25)20-21-15/h6-9,12,16H,4-5,10-11H2,1-3H3,(H2,18,25)/t12-,16+/m0/s1. The van der Waals surface area contributed by atoms with Gasteiger partial charge in [0.1, 0.15) is 0 Å². The van der Waals surface area contributed by atoms with Crippen LogP contribution in [0.1, 0.15) is 35.1 Å². The second kappa shape index (κ2) is 7.18. The van der Waals surface area contributed by atoms with Crippen molar-refractivity contribution in [1.29, 1.82) is 0 Å². The van der Waals surface area contributed by atoms with Gasteiger partial charge in [-0.05, 0) is 50.6 Å². The molecule has 2 atom stereocenters. The molecule has 134 valence electrons. The van der Waals surface area contributed by atoms with E-state index in [2.05, 4.69) is 38.2 Å². The Balaban J connectivity index is 1.77. The van der Waals surface area contributed by atoms with Gasteiger partial charge in [0.15, 0.2) is 11.5 Å². The van der Waals surface area contributed by atoms with Crippen molar-refractivity contribution >= 4 is 11.7 Å². The minimum absolute atomic E-state index is 0.183. The van der Waals surface area contributed by atoms with Crippen molar-refractivity contribution < 1.29 is 4.79 Å². The van der Waals surface area contributed by atoms with Crippen LogP contribution in [0.15, 0.2) is 24.4 Å². The molecule has 25 heavy (non-hydrogen) atoms. The number of aromatic nitrogens is 4. The van der Waals surface area contributed by atoms with Crippen LogP contribution in [0.2, 0.25) is 0 Å². The third kappa shape index (κ3) is 3.63. The van der Waals surface area contributed by atoms with Gasteiger partial charge in [0.25, 0.3) is 5.91 Å². The van der Waals surface area contributed by atoms with Crippen molar-refractivity contribution in [3.8, 4) is 0 Å². The monoisotopic (exact) mass is 343 g/mol. The van der Waals surface area contributed by atoms with Gasteiger partial charge in [-0.1, -0.05) is 0 Å². The fourth-order valence-corrected chi connectivity index (χ4v) is 3.70. The summed E-state index contributed by atoms with van der Waals surface area (Å²) in [6.45, 7) is 1.94. The zero-order valence-electron chi connectivity index (χ0n) is 15.0. The molecule has 1 amide bonds. The maximum Gasteiger partial charge on any atom is 0.269 e. The van der Waals surface area contributed by atoms with E-state index in [-0.39, 0.29) is 5.69 Å². The van der Waals surface area contributed by atoms with Crippen LogP contribution in [0.4, 0.5) is 5.82 Å². The van der Waals surface area contributed by atoms with Crippen LogP contribution < -0.4 is 10.6 Å². The minimum atomic E-state index is -0.563. The Hall–Kier alpha value is -2.48. The van der Waals surface area contributed by atoms with Crippen LogP contribution in [-0.2, 0) is 7.05 Å². The van der Waals surface area contributed by atoms with E-state index in [0.29, 0.717) is 12.0 Å². The third-order valence-corrected chi connectivity index (χ3v) is 4.97. The first-order valence-corrected chi connectivity index (χ1v) is 8.50. The number of nitrogens with two attached hydrogens (primary N) is 1. The van der Waals surface area contributed by atoms with Crippen molar-refractivity contribution in [3.63, 3.8) is 0 Å². The molecule has 2 aromatic heterocycles. The fourth-order valence-electron chi connectivity index (χ4n) is 3.70. The van der Waals surface area contributed by atoms with Crippen molar-refractivity contribution in [2.75, 3.05) is 32.1 Å². The lowest BCUT2D eigenvalue weighted by molar-refractivity contribution is 0.0994. The SMILES string of the molecule is CN(C[C@@H]1CCCN(C)[C@H]1c1ccnn1C)c1ccc(C(N)=O)nn1. The number of hydrogen-bond acceptors (Lipinski definition) is 6. The Morgan fingerprint density at radius 2 is 2.12 bits per heavy atom. The third-order valence-electron chi connectivity index (χ3n) is 4.97. The predicted molar refractivity (Wildman–Crippen MR) is 95.1 cm³/mol. The Morgan fingerprint density at radius 1 is 1.32 bits per heavy atom. The van der Waals surface area contributed by atoms with Crippen molar-refractivity contribution in [3.05, 3.63) is 35.8 Å². The molecule has 2 aromatic rings. The Morgan fingerprint density at radius 3 is 2.72 bits per heavy atom. The highest BCUT2D eigenvalue weighted by Gasteiger charge is 2.33. The maximum atomic E-state index is 11.1. The normalized spacial score (nSPS) is 21.2. The van der Waals surface area contributed by atoms with Crippen LogP contribution in [0.5, 0.6) is 0 Å². The van der Waals surface area contributed by atoms with Crippen molar-refractivity contribution in [2.45, 2.75) is 18.9 Å². The highest BCUT2D eigenvalue weighted by Crippen LogP contribution is 2.35. The zero-order chi connectivity index (χ0) is 18.0. The average molecular weight is 343 g/mol. The highest BCUT2D eigenvalue weighted by atomic mass is 16.1. The Bertz CT molecular complexity index is 727. The molecule has 0 spiro atoms. The van der Waals surface area contributed by atoms with Gasteiger partial charge in [-0.3, -0.25) is 14.4 Å². The molecule has 8 nitrogen and oxygen atoms in total. The molecule has 0 aromatic carbocycles. The maximum absolute atomic E-state index is 11.1. The molecule has 1 saturated heterocycles. The van der Waals surface area contributed by atoms with Crippen LogP contribution in [0.25, 0.3) is 0 Å². The van der Waals surface area contributed by atoms with Crippen LogP contribution in [0.3, 0.4) is 0 Å². The lowest BCUT2D eigenvalue weighted by atomic mass is 9.87. The summed E-state index contributed by atoms with van der Waals surface area (Å²) in [5.74, 6) is 0.630. The van der Waals surface area contributed by atoms with Gasteiger partial charge in [0.2, 0.25) is 0 Å². The zero-order valence-corrected chi connectivity index (χ0v) is 15.0. The number of rotatable bonds is 5. The molecular weight excluding hydrogens is 318 g/mol. The Kier molecular flexibility index (Phi) is 4.98. The fraction of sp³-hybridized carbons (Fsp3) is 0.529. The number of carbonyl (C=O) groups excluding carboxylic acids is 1. The first kappa shape index (κ1) is 17.3. The van der Waals surface area contributed by atoms with Gasteiger partial charge in [-0.25, -0.2) is 0 Å². The van der Waals surface area contributed by atoms with Gasteiger partial charge in [0, 0.05) is 26.8 Å². The molecule has 8 heteroatoms. The predicted octanol–water partition coefficient (Wildman–Crippen LogP) is 0.828. The Labute approximate surface area is 147 Å². The summed E-state index contributed by atoms with van der Waals surface area (Å²) < 4.78 is 1.96. The number of primary amides is 1. The van der Waals surface area contributed by atoms with E-state index in [1.807, 2.05) is 25.0 Å². The van der Waals surface area contributed by atoms with Crippen LogP contribution >= 0.6 is 0 Å². The van der Waals surface area contributed by atoms with Gasteiger partial charge in [-0.15, -0.1) is 10.2 Å². The van der Waals surface area contributed by atoms with Gasteiger partial charge in [-0.2, -0.15) is 5.10 Å². The lowest BCUT2D eigenvalue weighted by Gasteiger charge is -2.40. The van der Waals surface area contributed by atoms with Gasteiger partial charge in [0.05, 0.1) is 11.7 Å². The average Bonchev–Trinajstić information content (AvgIpc) is 3.01. The first-order chi connectivity index (χ1) is 12.0. The van der Waals surface area contributed by atoms with E-state index in [4.69, 9.17) is 5.73 Å². The molecule has 1 fully saturated rings. The molecule has 0 unspecified atom stereocenters. The summed E-state index contributed by atoms with van der Waals surface area (Å²) in [6, 6.07) is 5.83. The number of nitrogens with zero attached hydrogens (tertiary/aromatic N) is 6. The molecule has 2 N–H and O–H groups in total. The molecule has 1 aliphatic heterocycles. The molecule has 0 radical (unpaired) electrons. The number of piperidine rings is 1. The first-order valence-electron chi connectivity index (χ1n) is 8.50. The van der Waals surface area contributed by atoms with E-state index >= 15 is 0 Å². The smallest absolute Gasteiger partial charge is 0.269 e. The molecular formula is C17H25N7O. The van der Waals surface area contributed by atoms with E-state index in [0.717, 1.165) is 25.3 Å². The van der Waals surface area contributed by atoms with Gasteiger partial charge < -0.3 is 10.6 Å². The van der Waals surface area contributed by atoms with E-state index in [1.165, 1.54) is 12.1 Å². The minimum Gasteiger partial charge on any atom is -0.364 e. The molecule has 3 rings (SSSR count). The van der Waals surface area contributed by atoms with E-state index in [1.54, 1.807) is 12.1 Å². The molecule has 0 aliphatic carbocycles. The topological polar surface area (TPSA) is 93.2 Å². The largest absolute Gasteiger partial charge is 0.364 e. The number of hydrogen-bond donors (Lipinski definition) is 1. The van der Waals surface area contributed by atoms with E-state index in [9.17, 15) is 4.79 Å². The number of amides is 1. The number of aryl methyl sites for hydroxylation is 1. The van der Waals surface area contributed by atoms with Crippen LogP contribution in [-0.4, -0.2) is 58.0 Å². The number of anilines is 1. The van der Waals surface area contributed by atoms with E-state index < -0.39 is 5.91 Å². The number of carbonyl (C=O) groups is 1.